The molecule has 172 valence electrons. The molecule has 1 heterocycles. The number of H-pyrrole nitrogens is 1. The largest absolute Gasteiger partial charge is 0.349 e. The molecule has 1 fully saturated rings. The summed E-state index contributed by atoms with van der Waals surface area (Å²) in [6.07, 6.45) is 5.67. The topological polar surface area (TPSA) is 91.8 Å². The summed E-state index contributed by atoms with van der Waals surface area (Å²) in [5.74, 6) is 0.334. The van der Waals surface area contributed by atoms with E-state index in [4.69, 9.17) is 12.2 Å². The van der Waals surface area contributed by atoms with Crippen LogP contribution in [-0.4, -0.2) is 32.6 Å². The maximum atomic E-state index is 12.8. The lowest BCUT2D eigenvalue weighted by Crippen LogP contribution is -2.36. The Morgan fingerprint density at radius 3 is 2.52 bits per heavy atom. The number of hydrogen-bond donors (Lipinski definition) is 3. The quantitative estimate of drug-likeness (QED) is 0.452. The molecule has 8 heteroatoms. The molecular weight excluding hydrogens is 434 g/mol. The van der Waals surface area contributed by atoms with E-state index < -0.39 is 0 Å². The standard InChI is InChI=1S/C25H29N5O2S/c1-16-8-10-18(11-9-16)23-28-29-25(33)30(23)15-22(31)27-21-13-12-19(14-17(21)2)24(32)26-20-6-4-3-5-7-20/h8-14,20H,3-7,15H2,1-2H3,(H,26,32)(H,27,31)(H,29,33). The number of aryl methyl sites for hydroxylation is 2. The maximum absolute atomic E-state index is 12.8. The zero-order valence-electron chi connectivity index (χ0n) is 19.0. The van der Waals surface area contributed by atoms with Crippen molar-refractivity contribution in [2.45, 2.75) is 58.5 Å². The van der Waals surface area contributed by atoms with Crippen LogP contribution in [-0.2, 0) is 11.3 Å². The molecule has 0 unspecified atom stereocenters. The van der Waals surface area contributed by atoms with Gasteiger partial charge >= 0.3 is 0 Å². The zero-order chi connectivity index (χ0) is 23.4. The van der Waals surface area contributed by atoms with Crippen molar-refractivity contribution in [2.24, 2.45) is 0 Å². The van der Waals surface area contributed by atoms with Gasteiger partial charge in [-0.3, -0.25) is 19.3 Å². The summed E-state index contributed by atoms with van der Waals surface area (Å²) >= 11 is 5.34. The van der Waals surface area contributed by atoms with Crippen molar-refractivity contribution in [1.29, 1.82) is 0 Å². The first kappa shape index (κ1) is 22.9. The summed E-state index contributed by atoms with van der Waals surface area (Å²) in [5, 5.41) is 13.1. The molecule has 2 aromatic carbocycles. The van der Waals surface area contributed by atoms with Crippen LogP contribution in [0.15, 0.2) is 42.5 Å². The average molecular weight is 464 g/mol. The zero-order valence-corrected chi connectivity index (χ0v) is 19.8. The van der Waals surface area contributed by atoms with Crippen LogP contribution in [0.5, 0.6) is 0 Å². The van der Waals surface area contributed by atoms with Gasteiger partial charge in [0.25, 0.3) is 5.91 Å². The highest BCUT2D eigenvalue weighted by atomic mass is 32.1. The van der Waals surface area contributed by atoms with Gasteiger partial charge in [-0.25, -0.2) is 0 Å². The molecule has 0 spiro atoms. The summed E-state index contributed by atoms with van der Waals surface area (Å²) in [6.45, 7) is 3.93. The molecule has 1 saturated carbocycles. The van der Waals surface area contributed by atoms with Crippen LogP contribution in [0.2, 0.25) is 0 Å². The van der Waals surface area contributed by atoms with Gasteiger partial charge in [0.05, 0.1) is 0 Å². The van der Waals surface area contributed by atoms with Crippen molar-refractivity contribution < 1.29 is 9.59 Å². The summed E-state index contributed by atoms with van der Waals surface area (Å²) < 4.78 is 2.06. The lowest BCUT2D eigenvalue weighted by Gasteiger charge is -2.23. The number of carbonyl (C=O) groups excluding carboxylic acids is 2. The molecule has 3 N–H and O–H groups in total. The number of anilines is 1. The summed E-state index contributed by atoms with van der Waals surface area (Å²) in [4.78, 5) is 25.4. The van der Waals surface area contributed by atoms with Gasteiger partial charge in [-0.05, 0) is 62.7 Å². The third-order valence-corrected chi connectivity index (χ3v) is 6.38. The Balaban J connectivity index is 1.43. The number of hydrogen-bond acceptors (Lipinski definition) is 4. The van der Waals surface area contributed by atoms with Crippen LogP contribution >= 0.6 is 12.2 Å². The van der Waals surface area contributed by atoms with Crippen LogP contribution in [0.25, 0.3) is 11.4 Å². The molecule has 33 heavy (non-hydrogen) atoms. The van der Waals surface area contributed by atoms with Crippen LogP contribution in [0.4, 0.5) is 5.69 Å². The fourth-order valence-electron chi connectivity index (χ4n) is 4.18. The van der Waals surface area contributed by atoms with Crippen molar-refractivity contribution >= 4 is 29.7 Å². The van der Waals surface area contributed by atoms with Gasteiger partial charge in [-0.1, -0.05) is 49.1 Å². The predicted molar refractivity (Wildman–Crippen MR) is 132 cm³/mol. The van der Waals surface area contributed by atoms with E-state index in [2.05, 4.69) is 20.8 Å². The minimum absolute atomic E-state index is 0.0297. The second-order valence-electron chi connectivity index (χ2n) is 8.69. The first-order valence-corrected chi connectivity index (χ1v) is 11.7. The second kappa shape index (κ2) is 10.1. The minimum atomic E-state index is -0.219. The molecule has 0 aliphatic heterocycles. The van der Waals surface area contributed by atoms with Gasteiger partial charge < -0.3 is 10.6 Å². The molecule has 1 aliphatic carbocycles. The van der Waals surface area contributed by atoms with Crippen LogP contribution < -0.4 is 10.6 Å². The normalized spacial score (nSPS) is 14.1. The molecule has 2 amide bonds. The first-order valence-electron chi connectivity index (χ1n) is 11.3. The minimum Gasteiger partial charge on any atom is -0.349 e. The number of aromatic amines is 1. The predicted octanol–water partition coefficient (Wildman–Crippen LogP) is 4.93. The Kier molecular flexibility index (Phi) is 7.03. The third-order valence-electron chi connectivity index (χ3n) is 6.07. The summed E-state index contributed by atoms with van der Waals surface area (Å²) in [7, 11) is 0. The summed E-state index contributed by atoms with van der Waals surface area (Å²) in [6, 6.07) is 13.5. The Morgan fingerprint density at radius 1 is 1.09 bits per heavy atom. The average Bonchev–Trinajstić information content (AvgIpc) is 3.16. The molecule has 0 radical (unpaired) electrons. The van der Waals surface area contributed by atoms with Gasteiger partial charge in [-0.15, -0.1) is 0 Å². The van der Waals surface area contributed by atoms with Gasteiger partial charge in [0.2, 0.25) is 5.91 Å². The van der Waals surface area contributed by atoms with E-state index in [0.29, 0.717) is 21.8 Å². The number of carbonyl (C=O) groups is 2. The van der Waals surface area contributed by atoms with E-state index in [-0.39, 0.29) is 24.4 Å². The molecule has 1 aromatic heterocycles. The van der Waals surface area contributed by atoms with Crippen molar-refractivity contribution in [3.63, 3.8) is 0 Å². The highest BCUT2D eigenvalue weighted by Crippen LogP contribution is 2.21. The number of nitrogens with zero attached hydrogens (tertiary/aromatic N) is 2. The molecule has 1 aliphatic rings. The van der Waals surface area contributed by atoms with Crippen molar-refractivity contribution in [3.05, 3.63) is 63.9 Å². The molecule has 4 rings (SSSR count). The number of nitrogens with one attached hydrogen (secondary N) is 3. The maximum Gasteiger partial charge on any atom is 0.251 e. The van der Waals surface area contributed by atoms with E-state index >= 15 is 0 Å². The second-order valence-corrected chi connectivity index (χ2v) is 9.08. The molecule has 0 saturated heterocycles. The number of amides is 2. The lowest BCUT2D eigenvalue weighted by atomic mass is 9.95. The Bertz CT molecular complexity index is 1210. The van der Waals surface area contributed by atoms with E-state index in [9.17, 15) is 9.59 Å². The van der Waals surface area contributed by atoms with Gasteiger partial charge in [0.15, 0.2) is 10.6 Å². The molecule has 0 bridgehead atoms. The Labute approximate surface area is 198 Å². The number of benzene rings is 2. The SMILES string of the molecule is Cc1ccc(-c2n[nH]c(=S)n2CC(=O)Nc2ccc(C(=O)NC3CCCCC3)cc2C)cc1. The number of aromatic nitrogens is 3. The molecule has 7 nitrogen and oxygen atoms in total. The van der Waals surface area contributed by atoms with E-state index in [1.165, 1.54) is 19.3 Å². The van der Waals surface area contributed by atoms with Crippen molar-refractivity contribution in [1.82, 2.24) is 20.1 Å². The molecule has 0 atom stereocenters. The van der Waals surface area contributed by atoms with E-state index in [1.54, 1.807) is 16.7 Å². The highest BCUT2D eigenvalue weighted by Gasteiger charge is 2.18. The van der Waals surface area contributed by atoms with Gasteiger partial charge in [0, 0.05) is 22.9 Å². The van der Waals surface area contributed by atoms with Crippen molar-refractivity contribution in [2.75, 3.05) is 5.32 Å². The lowest BCUT2D eigenvalue weighted by molar-refractivity contribution is -0.116. The van der Waals surface area contributed by atoms with Gasteiger partial charge in [0.1, 0.15) is 6.54 Å². The monoisotopic (exact) mass is 463 g/mol. The Morgan fingerprint density at radius 2 is 1.82 bits per heavy atom. The Hall–Kier alpha value is -3.26. The van der Waals surface area contributed by atoms with Crippen molar-refractivity contribution in [3.8, 4) is 11.4 Å². The fraction of sp³-hybridized carbons (Fsp3) is 0.360. The van der Waals surface area contributed by atoms with E-state index in [1.807, 2.05) is 44.2 Å². The summed E-state index contributed by atoms with van der Waals surface area (Å²) in [5.41, 5.74) is 4.12. The molecule has 3 aromatic rings. The van der Waals surface area contributed by atoms with Crippen LogP contribution in [0.1, 0.15) is 53.6 Å². The van der Waals surface area contributed by atoms with Crippen LogP contribution in [0, 0.1) is 18.6 Å². The van der Waals surface area contributed by atoms with Gasteiger partial charge in [-0.2, -0.15) is 5.10 Å². The first-order chi connectivity index (χ1) is 15.9. The van der Waals surface area contributed by atoms with Crippen LogP contribution in [0.3, 0.4) is 0 Å². The third kappa shape index (κ3) is 5.57. The number of rotatable bonds is 6. The highest BCUT2D eigenvalue weighted by molar-refractivity contribution is 7.71. The smallest absolute Gasteiger partial charge is 0.251 e. The molecular formula is C25H29N5O2S. The fourth-order valence-corrected chi connectivity index (χ4v) is 4.38. The van der Waals surface area contributed by atoms with E-state index in [0.717, 1.165) is 29.5 Å².